The van der Waals surface area contributed by atoms with Crippen molar-refractivity contribution in [2.24, 2.45) is 0 Å². The number of nitrogens with zero attached hydrogens (tertiary/aromatic N) is 4. The zero-order valence-electron chi connectivity index (χ0n) is 20.6. The molecule has 0 atom stereocenters. The van der Waals surface area contributed by atoms with Crippen LogP contribution in [0.25, 0.3) is 22.5 Å². The van der Waals surface area contributed by atoms with Crippen molar-refractivity contribution in [2.45, 2.75) is 12.5 Å². The fourth-order valence-corrected chi connectivity index (χ4v) is 5.15. The highest BCUT2D eigenvalue weighted by molar-refractivity contribution is 5.81. The van der Waals surface area contributed by atoms with E-state index in [4.69, 9.17) is 5.21 Å². The van der Waals surface area contributed by atoms with Crippen LogP contribution >= 0.6 is 0 Å². The molecular weight excluding hydrogens is 452 g/mol. The molecule has 37 heavy (non-hydrogen) atoms. The first-order valence-corrected chi connectivity index (χ1v) is 12.4. The Kier molecular flexibility index (Phi) is 5.91. The molecule has 0 aliphatic heterocycles. The molecule has 0 amide bonds. The van der Waals surface area contributed by atoms with Crippen molar-refractivity contribution in [3.63, 3.8) is 0 Å². The van der Waals surface area contributed by atoms with Gasteiger partial charge in [-0.15, -0.1) is 5.10 Å². The number of tetrazole rings is 1. The summed E-state index contributed by atoms with van der Waals surface area (Å²) in [6.07, 6.45) is 0. The molecule has 4 nitrogen and oxygen atoms in total. The van der Waals surface area contributed by atoms with Crippen LogP contribution < -0.4 is 0 Å². The van der Waals surface area contributed by atoms with Crippen molar-refractivity contribution in [2.75, 3.05) is 0 Å². The van der Waals surface area contributed by atoms with Crippen molar-refractivity contribution in [3.05, 3.63) is 162 Å². The lowest BCUT2D eigenvalue weighted by molar-refractivity contribution is 0.451. The summed E-state index contributed by atoms with van der Waals surface area (Å²) >= 11 is 0. The number of aromatic nitrogens is 4. The van der Waals surface area contributed by atoms with E-state index in [0.717, 1.165) is 33.4 Å². The number of benzene rings is 5. The van der Waals surface area contributed by atoms with E-state index >= 15 is 0 Å². The van der Waals surface area contributed by atoms with Gasteiger partial charge in [-0.25, -0.2) is 4.68 Å². The van der Waals surface area contributed by atoms with Gasteiger partial charge in [0.05, 0.1) is 0 Å². The molecule has 0 saturated carbocycles. The molecule has 4 heteroatoms. The van der Waals surface area contributed by atoms with Gasteiger partial charge in [-0.3, -0.25) is 0 Å². The Hall–Kier alpha value is -4.83. The average molecular weight is 479 g/mol. The van der Waals surface area contributed by atoms with E-state index in [0.29, 0.717) is 5.82 Å². The van der Waals surface area contributed by atoms with Crippen LogP contribution in [-0.2, 0) is 5.54 Å². The van der Waals surface area contributed by atoms with Gasteiger partial charge < -0.3 is 0 Å². The van der Waals surface area contributed by atoms with Crippen LogP contribution in [-0.4, -0.2) is 20.2 Å². The quantitative estimate of drug-likeness (QED) is 0.239. The summed E-state index contributed by atoms with van der Waals surface area (Å²) in [7, 11) is 0. The minimum atomic E-state index is -0.789. The minimum Gasteiger partial charge on any atom is -0.205 e. The molecule has 5 aromatic carbocycles. The maximum absolute atomic E-state index is 4.70. The Morgan fingerprint density at radius 1 is 0.514 bits per heavy atom. The van der Waals surface area contributed by atoms with Gasteiger partial charge in [-0.2, -0.15) is 0 Å². The summed E-state index contributed by atoms with van der Waals surface area (Å²) < 4.78 is 1.99. The Labute approximate surface area is 216 Å². The fourth-order valence-electron chi connectivity index (χ4n) is 5.15. The van der Waals surface area contributed by atoms with E-state index in [1.165, 1.54) is 5.56 Å². The van der Waals surface area contributed by atoms with Gasteiger partial charge in [0.1, 0.15) is 5.54 Å². The molecule has 0 aliphatic rings. The van der Waals surface area contributed by atoms with Gasteiger partial charge in [0.2, 0.25) is 0 Å². The van der Waals surface area contributed by atoms with Crippen LogP contribution in [0.1, 0.15) is 22.3 Å². The Morgan fingerprint density at radius 3 is 1.49 bits per heavy atom. The first kappa shape index (κ1) is 22.6. The zero-order valence-corrected chi connectivity index (χ0v) is 20.6. The highest BCUT2D eigenvalue weighted by Crippen LogP contribution is 2.43. The zero-order chi connectivity index (χ0) is 25.1. The van der Waals surface area contributed by atoms with E-state index in [9.17, 15) is 0 Å². The fraction of sp³-hybridized carbons (Fsp3) is 0.0606. The highest BCUT2D eigenvalue weighted by Gasteiger charge is 2.42. The van der Waals surface area contributed by atoms with Crippen molar-refractivity contribution in [1.29, 1.82) is 0 Å². The van der Waals surface area contributed by atoms with Crippen LogP contribution in [0, 0.1) is 6.92 Å². The molecule has 6 aromatic rings. The van der Waals surface area contributed by atoms with E-state index in [1.807, 2.05) is 28.9 Å². The predicted octanol–water partition coefficient (Wildman–Crippen LogP) is 7.16. The SMILES string of the molecule is Cc1ccc(-c2ccccc2-c2nnnn2C(c2ccccc2)(c2ccccc2)c2ccccc2)cc1. The molecule has 178 valence electrons. The first-order valence-electron chi connectivity index (χ1n) is 12.4. The molecule has 0 fully saturated rings. The Balaban J connectivity index is 1.69. The van der Waals surface area contributed by atoms with Crippen LogP contribution in [0.4, 0.5) is 0 Å². The van der Waals surface area contributed by atoms with Crippen molar-refractivity contribution < 1.29 is 0 Å². The summed E-state index contributed by atoms with van der Waals surface area (Å²) in [5.41, 5.74) is 6.85. The van der Waals surface area contributed by atoms with Crippen molar-refractivity contribution in [3.8, 4) is 22.5 Å². The summed E-state index contributed by atoms with van der Waals surface area (Å²) in [5, 5.41) is 13.6. The third-order valence-electron chi connectivity index (χ3n) is 6.89. The lowest BCUT2D eigenvalue weighted by Gasteiger charge is -2.36. The molecule has 0 aliphatic carbocycles. The Morgan fingerprint density at radius 2 is 0.973 bits per heavy atom. The summed E-state index contributed by atoms with van der Waals surface area (Å²) in [4.78, 5) is 0. The number of aryl methyl sites for hydroxylation is 1. The highest BCUT2D eigenvalue weighted by atomic mass is 15.6. The molecule has 0 bridgehead atoms. The molecular formula is C33H26N4. The number of rotatable bonds is 6. The topological polar surface area (TPSA) is 43.6 Å². The van der Waals surface area contributed by atoms with Gasteiger partial charge in [-0.05, 0) is 45.2 Å². The van der Waals surface area contributed by atoms with Crippen molar-refractivity contribution in [1.82, 2.24) is 20.2 Å². The molecule has 0 radical (unpaired) electrons. The standard InChI is InChI=1S/C33H26N4/c1-25-21-23-26(24-22-25)30-19-11-12-20-31(30)32-34-35-36-37(32)33(27-13-5-2-6-14-27,28-15-7-3-8-16-28)29-17-9-4-10-18-29/h2-24H,1H3. The first-order chi connectivity index (χ1) is 18.3. The number of hydrogen-bond donors (Lipinski definition) is 0. The lowest BCUT2D eigenvalue weighted by atomic mass is 9.77. The van der Waals surface area contributed by atoms with Crippen molar-refractivity contribution >= 4 is 0 Å². The summed E-state index contributed by atoms with van der Waals surface area (Å²) in [5.74, 6) is 0.702. The summed E-state index contributed by atoms with van der Waals surface area (Å²) in [6, 6.07) is 48.4. The van der Waals surface area contributed by atoms with Crippen LogP contribution in [0.3, 0.4) is 0 Å². The minimum absolute atomic E-state index is 0.702. The second-order valence-corrected chi connectivity index (χ2v) is 9.13. The average Bonchev–Trinajstić information content (AvgIpc) is 3.46. The molecule has 1 heterocycles. The van der Waals surface area contributed by atoms with E-state index in [2.05, 4.69) is 132 Å². The smallest absolute Gasteiger partial charge is 0.184 e. The predicted molar refractivity (Wildman–Crippen MR) is 148 cm³/mol. The van der Waals surface area contributed by atoms with E-state index in [-0.39, 0.29) is 0 Å². The van der Waals surface area contributed by atoms with Crippen LogP contribution in [0.5, 0.6) is 0 Å². The molecule has 0 saturated heterocycles. The van der Waals surface area contributed by atoms with Gasteiger partial charge in [0.25, 0.3) is 0 Å². The maximum Gasteiger partial charge on any atom is 0.184 e. The Bertz CT molecular complexity index is 1510. The lowest BCUT2D eigenvalue weighted by Crippen LogP contribution is -2.39. The monoisotopic (exact) mass is 478 g/mol. The molecule has 0 spiro atoms. The van der Waals surface area contributed by atoms with Gasteiger partial charge in [0, 0.05) is 5.56 Å². The summed E-state index contributed by atoms with van der Waals surface area (Å²) in [6.45, 7) is 2.10. The van der Waals surface area contributed by atoms with Gasteiger partial charge in [-0.1, -0.05) is 145 Å². The van der Waals surface area contributed by atoms with Crippen LogP contribution in [0.2, 0.25) is 0 Å². The van der Waals surface area contributed by atoms with Crippen LogP contribution in [0.15, 0.2) is 140 Å². The third kappa shape index (κ3) is 3.93. The second-order valence-electron chi connectivity index (χ2n) is 9.13. The van der Waals surface area contributed by atoms with Gasteiger partial charge >= 0.3 is 0 Å². The van der Waals surface area contributed by atoms with E-state index < -0.39 is 5.54 Å². The number of hydrogen-bond acceptors (Lipinski definition) is 3. The second kappa shape index (κ2) is 9.67. The largest absolute Gasteiger partial charge is 0.205 e. The maximum atomic E-state index is 4.70. The molecule has 6 rings (SSSR count). The normalized spacial score (nSPS) is 11.4. The molecule has 0 unspecified atom stereocenters. The molecule has 1 aromatic heterocycles. The van der Waals surface area contributed by atoms with Gasteiger partial charge in [0.15, 0.2) is 5.82 Å². The molecule has 0 N–H and O–H groups in total. The third-order valence-corrected chi connectivity index (χ3v) is 6.89. The van der Waals surface area contributed by atoms with E-state index in [1.54, 1.807) is 0 Å².